The number of benzene rings is 2. The number of anilines is 1. The van der Waals surface area contributed by atoms with Gasteiger partial charge in [0.25, 0.3) is 5.91 Å². The molecule has 1 unspecified atom stereocenters. The van der Waals surface area contributed by atoms with Gasteiger partial charge < -0.3 is 26.0 Å². The first-order valence-electron chi connectivity index (χ1n) is 10.7. The predicted molar refractivity (Wildman–Crippen MR) is 137 cm³/mol. The molecule has 0 radical (unpaired) electrons. The second kappa shape index (κ2) is 13.1. The van der Waals surface area contributed by atoms with Gasteiger partial charge in [-0.25, -0.2) is 4.39 Å². The molecule has 0 aliphatic carbocycles. The Kier molecular flexibility index (Phi) is 10.5. The third-order valence-corrected chi connectivity index (χ3v) is 5.08. The molecule has 2 aromatic carbocycles. The van der Waals surface area contributed by atoms with E-state index in [0.717, 1.165) is 38.2 Å². The molecule has 7 nitrogen and oxygen atoms in total. The molecule has 1 amide bonds. The number of phenolic OH excluding ortho intramolecular Hbond substituents is 1. The lowest BCUT2D eigenvalue weighted by Crippen LogP contribution is -2.51. The van der Waals surface area contributed by atoms with E-state index in [1.165, 1.54) is 18.2 Å². The number of hydrogen-bond donors (Lipinski definition) is 4. The van der Waals surface area contributed by atoms with Crippen molar-refractivity contribution in [3.05, 3.63) is 59.9 Å². The van der Waals surface area contributed by atoms with E-state index in [-0.39, 0.29) is 47.5 Å². The number of carbonyl (C=O) groups is 1. The van der Waals surface area contributed by atoms with Crippen molar-refractivity contribution in [1.82, 2.24) is 16.0 Å². The molecule has 1 fully saturated rings. The smallest absolute Gasteiger partial charge is 0.251 e. The Morgan fingerprint density at radius 1 is 1.22 bits per heavy atom. The van der Waals surface area contributed by atoms with E-state index in [9.17, 15) is 14.3 Å². The van der Waals surface area contributed by atoms with Crippen LogP contribution >= 0.6 is 24.0 Å². The van der Waals surface area contributed by atoms with Gasteiger partial charge in [0, 0.05) is 43.5 Å². The summed E-state index contributed by atoms with van der Waals surface area (Å²) in [4.78, 5) is 18.9. The first kappa shape index (κ1) is 25.7. The maximum Gasteiger partial charge on any atom is 0.251 e. The number of guanidine groups is 1. The number of nitrogens with zero attached hydrogens (tertiary/aromatic N) is 2. The number of piperidine rings is 1. The average Bonchev–Trinajstić information content (AvgIpc) is 2.77. The van der Waals surface area contributed by atoms with Crippen LogP contribution in [0.25, 0.3) is 0 Å². The predicted octanol–water partition coefficient (Wildman–Crippen LogP) is 3.10. The van der Waals surface area contributed by atoms with Crippen LogP contribution in [0.15, 0.2) is 53.5 Å². The second-order valence-corrected chi connectivity index (χ2v) is 7.47. The molecule has 1 heterocycles. The van der Waals surface area contributed by atoms with Gasteiger partial charge in [0.05, 0.1) is 6.54 Å². The van der Waals surface area contributed by atoms with E-state index >= 15 is 0 Å². The minimum Gasteiger partial charge on any atom is -0.508 e. The summed E-state index contributed by atoms with van der Waals surface area (Å²) in [7, 11) is 0. The van der Waals surface area contributed by atoms with Crippen molar-refractivity contribution < 1.29 is 14.3 Å². The number of amides is 1. The number of carbonyl (C=O) groups excluding carboxylic acids is 1. The normalized spacial score (nSPS) is 16.1. The summed E-state index contributed by atoms with van der Waals surface area (Å²) in [6.07, 6.45) is 2.02. The number of hydrogen-bond acceptors (Lipinski definition) is 4. The Bertz CT molecular complexity index is 894. The zero-order chi connectivity index (χ0) is 22.1. The molecule has 0 saturated carbocycles. The molecule has 2 aromatic rings. The summed E-state index contributed by atoms with van der Waals surface area (Å²) in [5.41, 5.74) is 1.39. The van der Waals surface area contributed by atoms with Crippen molar-refractivity contribution in [2.24, 2.45) is 4.99 Å². The first-order chi connectivity index (χ1) is 15.0. The molecule has 1 aliphatic rings. The highest BCUT2D eigenvalue weighted by atomic mass is 127. The van der Waals surface area contributed by atoms with Gasteiger partial charge in [-0.3, -0.25) is 9.79 Å². The van der Waals surface area contributed by atoms with E-state index in [4.69, 9.17) is 0 Å². The van der Waals surface area contributed by atoms with E-state index < -0.39 is 0 Å². The highest BCUT2D eigenvalue weighted by Crippen LogP contribution is 2.20. The van der Waals surface area contributed by atoms with E-state index in [2.05, 4.69) is 25.8 Å². The number of aromatic hydroxyl groups is 1. The first-order valence-corrected chi connectivity index (χ1v) is 10.7. The maximum atomic E-state index is 13.6. The van der Waals surface area contributed by atoms with Crippen molar-refractivity contribution in [3.8, 4) is 5.75 Å². The molecule has 174 valence electrons. The molecule has 1 aliphatic heterocycles. The van der Waals surface area contributed by atoms with Crippen molar-refractivity contribution >= 4 is 41.5 Å². The van der Waals surface area contributed by atoms with Gasteiger partial charge >= 0.3 is 0 Å². The van der Waals surface area contributed by atoms with Crippen LogP contribution in [0.2, 0.25) is 0 Å². The average molecular weight is 555 g/mol. The van der Waals surface area contributed by atoms with Crippen LogP contribution in [0, 0.1) is 5.82 Å². The fourth-order valence-electron chi connectivity index (χ4n) is 3.57. The molecular weight excluding hydrogens is 524 g/mol. The Hall–Kier alpha value is -2.56. The standard InChI is InChI=1S/C23H30FN5O2.HI/c1-2-25-23(27-13-12-26-22(31)17-8-10-21(30)11-9-17)28-19-6-4-14-29(16-19)20-7-3-5-18(24)15-20;/h3,5,7-11,15,19,30H,2,4,6,12-14,16H2,1H3,(H,26,31)(H2,25,27,28);1H. The number of phenols is 1. The summed E-state index contributed by atoms with van der Waals surface area (Å²) in [5.74, 6) is 0.400. The zero-order valence-electron chi connectivity index (χ0n) is 18.2. The van der Waals surface area contributed by atoms with Gasteiger partial charge in [-0.05, 0) is 62.2 Å². The highest BCUT2D eigenvalue weighted by molar-refractivity contribution is 14.0. The van der Waals surface area contributed by atoms with Gasteiger partial charge in [-0.1, -0.05) is 6.07 Å². The highest BCUT2D eigenvalue weighted by Gasteiger charge is 2.21. The summed E-state index contributed by atoms with van der Waals surface area (Å²) in [6, 6.07) is 13.0. The van der Waals surface area contributed by atoms with Gasteiger partial charge in [0.2, 0.25) is 0 Å². The zero-order valence-corrected chi connectivity index (χ0v) is 20.5. The van der Waals surface area contributed by atoms with Crippen molar-refractivity contribution in [1.29, 1.82) is 0 Å². The van der Waals surface area contributed by atoms with Crippen molar-refractivity contribution in [2.75, 3.05) is 37.6 Å². The maximum absolute atomic E-state index is 13.6. The minimum atomic E-state index is -0.225. The van der Waals surface area contributed by atoms with Crippen molar-refractivity contribution in [3.63, 3.8) is 0 Å². The van der Waals surface area contributed by atoms with Crippen LogP contribution in [0.1, 0.15) is 30.1 Å². The van der Waals surface area contributed by atoms with Gasteiger partial charge in [-0.2, -0.15) is 0 Å². The second-order valence-electron chi connectivity index (χ2n) is 7.47. The lowest BCUT2D eigenvalue weighted by molar-refractivity contribution is 0.0955. The fourth-order valence-corrected chi connectivity index (χ4v) is 3.57. The van der Waals surface area contributed by atoms with Crippen molar-refractivity contribution in [2.45, 2.75) is 25.8 Å². The third kappa shape index (κ3) is 7.85. The van der Waals surface area contributed by atoms with E-state index in [1.54, 1.807) is 24.3 Å². The third-order valence-electron chi connectivity index (χ3n) is 5.08. The largest absolute Gasteiger partial charge is 0.508 e. The Morgan fingerprint density at radius 3 is 2.72 bits per heavy atom. The number of rotatable bonds is 7. The molecule has 32 heavy (non-hydrogen) atoms. The number of nitrogens with one attached hydrogen (secondary N) is 3. The SMILES string of the molecule is CCNC(=NCCNC(=O)c1ccc(O)cc1)NC1CCCN(c2cccc(F)c2)C1.I. The molecular formula is C23H31FIN5O2. The van der Waals surface area contributed by atoms with Crippen LogP contribution in [0.4, 0.5) is 10.1 Å². The Labute approximate surface area is 205 Å². The van der Waals surface area contributed by atoms with E-state index in [0.29, 0.717) is 24.6 Å². The molecule has 0 spiro atoms. The van der Waals surface area contributed by atoms with Gasteiger partial charge in [-0.15, -0.1) is 24.0 Å². The summed E-state index contributed by atoms with van der Waals surface area (Å²) < 4.78 is 13.6. The van der Waals surface area contributed by atoms with Crippen LogP contribution in [-0.4, -0.2) is 55.7 Å². The van der Waals surface area contributed by atoms with Gasteiger partial charge in [0.1, 0.15) is 11.6 Å². The molecule has 1 saturated heterocycles. The lowest BCUT2D eigenvalue weighted by Gasteiger charge is -2.35. The topological polar surface area (TPSA) is 89.0 Å². The summed E-state index contributed by atoms with van der Waals surface area (Å²) >= 11 is 0. The van der Waals surface area contributed by atoms with Crippen LogP contribution in [-0.2, 0) is 0 Å². The van der Waals surface area contributed by atoms with Crippen LogP contribution in [0.5, 0.6) is 5.75 Å². The number of halogens is 2. The van der Waals surface area contributed by atoms with Crippen LogP contribution in [0.3, 0.4) is 0 Å². The molecule has 1 atom stereocenters. The monoisotopic (exact) mass is 555 g/mol. The lowest BCUT2D eigenvalue weighted by atomic mass is 10.0. The molecule has 0 aromatic heterocycles. The van der Waals surface area contributed by atoms with E-state index in [1.807, 2.05) is 13.0 Å². The molecule has 3 rings (SSSR count). The summed E-state index contributed by atoms with van der Waals surface area (Å²) in [5, 5.41) is 18.8. The number of aliphatic imine (C=N–C) groups is 1. The minimum absolute atomic E-state index is 0. The Balaban J connectivity index is 0.00000363. The van der Waals surface area contributed by atoms with Gasteiger partial charge in [0.15, 0.2) is 5.96 Å². The fraction of sp³-hybridized carbons (Fsp3) is 0.391. The molecule has 4 N–H and O–H groups in total. The summed E-state index contributed by atoms with van der Waals surface area (Å²) in [6.45, 7) is 5.23. The Morgan fingerprint density at radius 2 is 2.00 bits per heavy atom. The quantitative estimate of drug-likeness (QED) is 0.183. The molecule has 9 heteroatoms. The molecule has 0 bridgehead atoms. The van der Waals surface area contributed by atoms with Crippen LogP contribution < -0.4 is 20.9 Å².